The van der Waals surface area contributed by atoms with Gasteiger partial charge in [0.05, 0.1) is 5.84 Å². The maximum absolute atomic E-state index is 4.13. The number of hydrogen-bond donors (Lipinski definition) is 1. The molecule has 0 fully saturated rings. The van der Waals surface area contributed by atoms with Crippen LogP contribution in [0.25, 0.3) is 0 Å². The molecule has 0 aliphatic heterocycles. The van der Waals surface area contributed by atoms with Crippen LogP contribution < -0.4 is 5.32 Å². The van der Waals surface area contributed by atoms with Crippen molar-refractivity contribution in [2.24, 2.45) is 10.9 Å². The molecule has 0 heterocycles. The second-order valence-electron chi connectivity index (χ2n) is 4.79. The van der Waals surface area contributed by atoms with Gasteiger partial charge < -0.3 is 10.2 Å². The van der Waals surface area contributed by atoms with Gasteiger partial charge in [-0.1, -0.05) is 13.3 Å². The molecule has 0 aliphatic carbocycles. The Morgan fingerprint density at radius 2 is 2.00 bits per heavy atom. The van der Waals surface area contributed by atoms with E-state index >= 15 is 0 Å². The van der Waals surface area contributed by atoms with Crippen molar-refractivity contribution in [3.8, 4) is 0 Å². The Labute approximate surface area is 101 Å². The minimum atomic E-state index is 0.793. The third kappa shape index (κ3) is 8.72. The standard InChI is InChI=1S/C13H29N3/c1-6-8-13(9-7-10-16(4)5)11-15-12(2)14-3/h13H,6-11H2,1-5H3,(H,14,15)/t13-/m1/s1. The van der Waals surface area contributed by atoms with E-state index in [1.807, 2.05) is 14.0 Å². The highest BCUT2D eigenvalue weighted by Gasteiger charge is 2.07. The van der Waals surface area contributed by atoms with Crippen LogP contribution in [0.5, 0.6) is 0 Å². The van der Waals surface area contributed by atoms with Gasteiger partial charge in [0.1, 0.15) is 0 Å². The van der Waals surface area contributed by atoms with Crippen LogP contribution >= 0.6 is 0 Å². The van der Waals surface area contributed by atoms with Crippen molar-refractivity contribution >= 4 is 5.84 Å². The highest BCUT2D eigenvalue weighted by molar-refractivity contribution is 5.79. The molecular weight excluding hydrogens is 198 g/mol. The molecule has 96 valence electrons. The predicted octanol–water partition coefficient (Wildman–Crippen LogP) is 2.38. The first kappa shape index (κ1) is 15.4. The summed E-state index contributed by atoms with van der Waals surface area (Å²) in [6.45, 7) is 6.56. The molecule has 0 spiro atoms. The first-order chi connectivity index (χ1) is 7.60. The lowest BCUT2D eigenvalue weighted by Gasteiger charge is -2.18. The molecule has 1 N–H and O–H groups in total. The van der Waals surface area contributed by atoms with Gasteiger partial charge in [0.15, 0.2) is 0 Å². The number of amidine groups is 1. The summed E-state index contributed by atoms with van der Waals surface area (Å²) in [5, 5.41) is 3.39. The van der Waals surface area contributed by atoms with Crippen molar-refractivity contribution in [2.45, 2.75) is 39.5 Å². The molecule has 0 aromatic heterocycles. The third-order valence-corrected chi connectivity index (χ3v) is 2.90. The van der Waals surface area contributed by atoms with E-state index in [2.05, 4.69) is 36.2 Å². The van der Waals surface area contributed by atoms with Gasteiger partial charge in [-0.2, -0.15) is 0 Å². The molecule has 1 atom stereocenters. The van der Waals surface area contributed by atoms with Crippen molar-refractivity contribution < 1.29 is 0 Å². The fraction of sp³-hybridized carbons (Fsp3) is 0.923. The molecular formula is C13H29N3. The summed E-state index contributed by atoms with van der Waals surface area (Å²) in [4.78, 5) is 6.39. The highest BCUT2D eigenvalue weighted by atomic mass is 15.0. The van der Waals surface area contributed by atoms with E-state index in [1.165, 1.54) is 32.2 Å². The molecule has 0 radical (unpaired) electrons. The minimum absolute atomic E-state index is 0.793. The third-order valence-electron chi connectivity index (χ3n) is 2.90. The number of nitrogens with zero attached hydrogens (tertiary/aromatic N) is 2. The molecule has 0 bridgehead atoms. The predicted molar refractivity (Wildman–Crippen MR) is 73.2 cm³/mol. The van der Waals surface area contributed by atoms with Gasteiger partial charge in [-0.15, -0.1) is 0 Å². The normalized spacial score (nSPS) is 14.2. The smallest absolute Gasteiger partial charge is 0.0928 e. The Hall–Kier alpha value is -0.570. The van der Waals surface area contributed by atoms with Crippen molar-refractivity contribution in [1.82, 2.24) is 10.2 Å². The van der Waals surface area contributed by atoms with Gasteiger partial charge in [-0.3, -0.25) is 4.99 Å². The van der Waals surface area contributed by atoms with Crippen LogP contribution in [0.3, 0.4) is 0 Å². The quantitative estimate of drug-likeness (QED) is 0.509. The average molecular weight is 227 g/mol. The monoisotopic (exact) mass is 227 g/mol. The van der Waals surface area contributed by atoms with E-state index < -0.39 is 0 Å². The number of aliphatic imine (C=N–C) groups is 1. The number of rotatable bonds is 8. The maximum Gasteiger partial charge on any atom is 0.0928 e. The van der Waals surface area contributed by atoms with Crippen LogP contribution in [0.4, 0.5) is 0 Å². The molecule has 16 heavy (non-hydrogen) atoms. The summed E-state index contributed by atoms with van der Waals surface area (Å²) in [6, 6.07) is 0. The van der Waals surface area contributed by atoms with Crippen LogP contribution in [0.2, 0.25) is 0 Å². The summed E-state index contributed by atoms with van der Waals surface area (Å²) >= 11 is 0. The fourth-order valence-corrected chi connectivity index (χ4v) is 1.82. The van der Waals surface area contributed by atoms with Crippen LogP contribution in [0.1, 0.15) is 39.5 Å². The van der Waals surface area contributed by atoms with Crippen LogP contribution in [-0.2, 0) is 0 Å². The average Bonchev–Trinajstić information content (AvgIpc) is 2.24. The van der Waals surface area contributed by atoms with Crippen molar-refractivity contribution in [2.75, 3.05) is 34.2 Å². The Morgan fingerprint density at radius 3 is 2.50 bits per heavy atom. The SMILES string of the molecule is CCC[C@H](CCCN(C)C)CNC(C)=NC. The van der Waals surface area contributed by atoms with Crippen LogP contribution in [0, 0.1) is 5.92 Å². The second kappa shape index (κ2) is 9.64. The van der Waals surface area contributed by atoms with Crippen LogP contribution in [0.15, 0.2) is 4.99 Å². The summed E-state index contributed by atoms with van der Waals surface area (Å²) in [7, 11) is 6.12. The van der Waals surface area contributed by atoms with Crippen molar-refractivity contribution in [3.63, 3.8) is 0 Å². The van der Waals surface area contributed by atoms with E-state index in [1.54, 1.807) is 0 Å². The molecule has 0 aromatic rings. The lowest BCUT2D eigenvalue weighted by atomic mass is 9.98. The molecule has 3 heteroatoms. The Bertz CT molecular complexity index is 188. The summed E-state index contributed by atoms with van der Waals surface area (Å²) in [5.41, 5.74) is 0. The van der Waals surface area contributed by atoms with E-state index in [9.17, 15) is 0 Å². The number of nitrogens with one attached hydrogen (secondary N) is 1. The Balaban J connectivity index is 3.78. The molecule has 0 aromatic carbocycles. The topological polar surface area (TPSA) is 27.6 Å². The summed E-state index contributed by atoms with van der Waals surface area (Å²) in [5.74, 6) is 1.84. The molecule has 0 saturated heterocycles. The van der Waals surface area contributed by atoms with Gasteiger partial charge in [-0.05, 0) is 52.7 Å². The summed E-state index contributed by atoms with van der Waals surface area (Å²) in [6.07, 6.45) is 5.20. The van der Waals surface area contributed by atoms with E-state index in [0.717, 1.165) is 18.3 Å². The number of hydrogen-bond acceptors (Lipinski definition) is 2. The van der Waals surface area contributed by atoms with Gasteiger partial charge in [-0.25, -0.2) is 0 Å². The molecule has 3 nitrogen and oxygen atoms in total. The molecule has 0 saturated carbocycles. The first-order valence-corrected chi connectivity index (χ1v) is 6.42. The molecule has 0 amide bonds. The van der Waals surface area contributed by atoms with Gasteiger partial charge >= 0.3 is 0 Å². The van der Waals surface area contributed by atoms with E-state index in [4.69, 9.17) is 0 Å². The van der Waals surface area contributed by atoms with Gasteiger partial charge in [0, 0.05) is 13.6 Å². The largest absolute Gasteiger partial charge is 0.374 e. The zero-order valence-corrected chi connectivity index (χ0v) is 11.7. The fourth-order valence-electron chi connectivity index (χ4n) is 1.82. The van der Waals surface area contributed by atoms with Crippen molar-refractivity contribution in [1.29, 1.82) is 0 Å². The van der Waals surface area contributed by atoms with E-state index in [-0.39, 0.29) is 0 Å². The summed E-state index contributed by atoms with van der Waals surface area (Å²) < 4.78 is 0. The molecule has 0 unspecified atom stereocenters. The van der Waals surface area contributed by atoms with Crippen molar-refractivity contribution in [3.05, 3.63) is 0 Å². The Morgan fingerprint density at radius 1 is 1.31 bits per heavy atom. The van der Waals surface area contributed by atoms with Gasteiger partial charge in [0.25, 0.3) is 0 Å². The zero-order chi connectivity index (χ0) is 12.4. The lowest BCUT2D eigenvalue weighted by Crippen LogP contribution is -2.27. The highest BCUT2D eigenvalue weighted by Crippen LogP contribution is 2.12. The van der Waals surface area contributed by atoms with E-state index in [0.29, 0.717) is 0 Å². The zero-order valence-electron chi connectivity index (χ0n) is 11.7. The molecule has 0 aliphatic rings. The van der Waals surface area contributed by atoms with Gasteiger partial charge in [0.2, 0.25) is 0 Å². The Kier molecular flexibility index (Phi) is 9.30. The lowest BCUT2D eigenvalue weighted by molar-refractivity contribution is 0.354. The maximum atomic E-state index is 4.13. The first-order valence-electron chi connectivity index (χ1n) is 6.42. The minimum Gasteiger partial charge on any atom is -0.374 e. The molecule has 0 rings (SSSR count). The second-order valence-corrected chi connectivity index (χ2v) is 4.79. The van der Waals surface area contributed by atoms with Crippen LogP contribution in [-0.4, -0.2) is 45.0 Å².